The predicted molar refractivity (Wildman–Crippen MR) is 150 cm³/mol. The van der Waals surface area contributed by atoms with E-state index in [-0.39, 0.29) is 27.2 Å². The van der Waals surface area contributed by atoms with Gasteiger partial charge in [-0.05, 0) is 0 Å². The van der Waals surface area contributed by atoms with Crippen molar-refractivity contribution < 1.29 is 24.1 Å². The molecule has 0 aromatic heterocycles. The number of benzene rings is 2. The molecule has 4 aliphatic rings. The van der Waals surface area contributed by atoms with Crippen molar-refractivity contribution in [3.8, 4) is 16.5 Å². The van der Waals surface area contributed by atoms with Gasteiger partial charge in [-0.25, -0.2) is 0 Å². The van der Waals surface area contributed by atoms with Gasteiger partial charge in [-0.2, -0.15) is 0 Å². The van der Waals surface area contributed by atoms with Crippen molar-refractivity contribution in [2.75, 3.05) is 27.1 Å². The molecule has 5 nitrogen and oxygen atoms in total. The Morgan fingerprint density at radius 1 is 1.08 bits per heavy atom. The van der Waals surface area contributed by atoms with Gasteiger partial charge in [0.15, 0.2) is 0 Å². The summed E-state index contributed by atoms with van der Waals surface area (Å²) in [7, 11) is 1.67. The van der Waals surface area contributed by atoms with Crippen LogP contribution in [0.5, 0.6) is 5.75 Å². The Kier molecular flexibility index (Phi) is 8.60. The van der Waals surface area contributed by atoms with E-state index in [4.69, 9.17) is 14.2 Å². The first-order chi connectivity index (χ1) is 18.5. The third kappa shape index (κ3) is 6.19. The van der Waals surface area contributed by atoms with Crippen molar-refractivity contribution in [3.05, 3.63) is 65.2 Å². The number of ether oxygens (including phenoxy) is 3. The second kappa shape index (κ2) is 12.1. The Morgan fingerprint density at radius 2 is 1.76 bits per heavy atom. The first kappa shape index (κ1) is 27.0. The molecule has 0 heterocycles. The minimum atomic E-state index is -0.986. The third-order valence-corrected chi connectivity index (χ3v) is 10.1. The zero-order valence-corrected chi connectivity index (χ0v) is 23.9. The Balaban J connectivity index is 1.44. The first-order valence-electron chi connectivity index (χ1n) is 13.5. The van der Waals surface area contributed by atoms with Crippen LogP contribution in [0.4, 0.5) is 0 Å². The molecular formula is C32H36O5Se. The number of carboxylic acids is 1. The molecule has 1 N–H and O–H groups in total. The monoisotopic (exact) mass is 580 g/mol. The van der Waals surface area contributed by atoms with Crippen molar-refractivity contribution in [1.82, 2.24) is 0 Å². The average Bonchev–Trinajstić information content (AvgIpc) is 2.88. The maximum absolute atomic E-state index is 11.4. The van der Waals surface area contributed by atoms with Gasteiger partial charge >= 0.3 is 233 Å². The molecule has 4 fully saturated rings. The normalized spacial score (nSPS) is 25.6. The van der Waals surface area contributed by atoms with E-state index >= 15 is 0 Å². The van der Waals surface area contributed by atoms with Gasteiger partial charge in [0, 0.05) is 0 Å². The van der Waals surface area contributed by atoms with Crippen LogP contribution in [0.1, 0.15) is 55.2 Å². The van der Waals surface area contributed by atoms with E-state index in [1.54, 1.807) is 7.11 Å². The molecule has 0 unspecified atom stereocenters. The molecule has 0 aliphatic heterocycles. The van der Waals surface area contributed by atoms with Crippen LogP contribution in [0, 0.1) is 35.4 Å². The summed E-state index contributed by atoms with van der Waals surface area (Å²) >= 11 is -0.124. The van der Waals surface area contributed by atoms with Gasteiger partial charge in [-0.1, -0.05) is 0 Å². The third-order valence-electron chi connectivity index (χ3n) is 8.32. The van der Waals surface area contributed by atoms with Crippen LogP contribution in [0.15, 0.2) is 48.5 Å². The summed E-state index contributed by atoms with van der Waals surface area (Å²) in [4.78, 5) is 14.8. The molecule has 200 valence electrons. The van der Waals surface area contributed by atoms with Gasteiger partial charge in [-0.15, -0.1) is 0 Å². The van der Waals surface area contributed by atoms with E-state index in [0.717, 1.165) is 34.6 Å². The van der Waals surface area contributed by atoms with Crippen LogP contribution in [0.25, 0.3) is 5.57 Å². The SMILES string of the molecule is COCCOCOc1cc(C)c([Se]C#CC(=CC(=O)O)c2ccccc2)cc1C12CC3CC(CC(C3)C1)C2. The second-order valence-corrected chi connectivity index (χ2v) is 12.8. The summed E-state index contributed by atoms with van der Waals surface area (Å²) in [6.45, 7) is 3.39. The number of carbonyl (C=O) groups is 1. The Labute approximate surface area is 232 Å². The van der Waals surface area contributed by atoms with Gasteiger partial charge in [0.05, 0.1) is 0 Å². The fourth-order valence-corrected chi connectivity index (χ4v) is 8.52. The van der Waals surface area contributed by atoms with E-state index in [1.807, 2.05) is 30.3 Å². The van der Waals surface area contributed by atoms with E-state index in [0.29, 0.717) is 18.8 Å². The molecule has 2 aromatic rings. The fourth-order valence-electron chi connectivity index (χ4n) is 7.12. The zero-order chi connectivity index (χ0) is 26.5. The van der Waals surface area contributed by atoms with Crippen molar-refractivity contribution in [3.63, 3.8) is 0 Å². The van der Waals surface area contributed by atoms with E-state index in [1.165, 1.54) is 54.6 Å². The number of rotatable bonds is 10. The molecule has 6 rings (SSSR count). The van der Waals surface area contributed by atoms with Gasteiger partial charge in [0.25, 0.3) is 0 Å². The predicted octanol–water partition coefficient (Wildman–Crippen LogP) is 4.92. The molecule has 4 bridgehead atoms. The molecular weight excluding hydrogens is 543 g/mol. The molecule has 4 saturated carbocycles. The van der Waals surface area contributed by atoms with Crippen LogP contribution in [0.2, 0.25) is 0 Å². The summed E-state index contributed by atoms with van der Waals surface area (Å²) in [6, 6.07) is 14.1. The Bertz CT molecular complexity index is 1200. The first-order valence-corrected chi connectivity index (χ1v) is 15.2. The molecule has 0 amide bonds. The molecule has 0 saturated heterocycles. The summed E-state index contributed by atoms with van der Waals surface area (Å²) < 4.78 is 18.3. The van der Waals surface area contributed by atoms with Crippen molar-refractivity contribution in [1.29, 1.82) is 0 Å². The summed E-state index contributed by atoms with van der Waals surface area (Å²) in [5.41, 5.74) is 4.03. The number of hydrogen-bond donors (Lipinski definition) is 1. The maximum atomic E-state index is 11.4. The summed E-state index contributed by atoms with van der Waals surface area (Å²) in [5.74, 6) is 5.62. The zero-order valence-electron chi connectivity index (χ0n) is 22.2. The standard InChI is InChI=1S/C32H36O5Se/c1-22-12-29(37-21-36-10-9-35-2)28(32-18-23-13-24(19-32)15-25(14-23)20-32)17-30(22)38-11-8-27(16-31(33)34)26-6-4-3-5-7-26/h3-7,12,16-17,23-25H,9-10,13-15,18-21H2,1-2H3,(H,33,34). The number of carboxylic acid groups (broad SMARTS) is 1. The topological polar surface area (TPSA) is 65.0 Å². The summed E-state index contributed by atoms with van der Waals surface area (Å²) in [5, 5.41) is 9.37. The van der Waals surface area contributed by atoms with Crippen LogP contribution >= 0.6 is 0 Å². The molecule has 0 radical (unpaired) electrons. The van der Waals surface area contributed by atoms with Crippen molar-refractivity contribution in [2.45, 2.75) is 50.9 Å². The Morgan fingerprint density at radius 3 is 2.39 bits per heavy atom. The molecule has 6 heteroatoms. The van der Waals surface area contributed by atoms with Crippen molar-refractivity contribution >= 4 is 31.0 Å². The Hall–Kier alpha value is -2.55. The average molecular weight is 580 g/mol. The fraction of sp³-hybridized carbons (Fsp3) is 0.469. The molecule has 0 spiro atoms. The van der Waals surface area contributed by atoms with Crippen LogP contribution in [-0.2, 0) is 19.7 Å². The molecule has 4 aliphatic carbocycles. The number of methoxy groups -OCH3 is 1. The van der Waals surface area contributed by atoms with E-state index in [2.05, 4.69) is 29.8 Å². The molecule has 38 heavy (non-hydrogen) atoms. The number of aryl methyl sites for hydroxylation is 1. The number of aliphatic carboxylic acids is 1. The number of allylic oxidation sites excluding steroid dienone is 1. The van der Waals surface area contributed by atoms with Crippen LogP contribution in [-0.4, -0.2) is 53.1 Å². The summed E-state index contributed by atoms with van der Waals surface area (Å²) in [6.07, 6.45) is 9.13. The number of hydrogen-bond acceptors (Lipinski definition) is 4. The molecule has 0 atom stereocenters. The van der Waals surface area contributed by atoms with Crippen LogP contribution in [0.3, 0.4) is 0 Å². The van der Waals surface area contributed by atoms with E-state index in [9.17, 15) is 9.90 Å². The van der Waals surface area contributed by atoms with Crippen LogP contribution < -0.4 is 9.20 Å². The quantitative estimate of drug-likeness (QED) is 0.142. The van der Waals surface area contributed by atoms with Gasteiger partial charge in [-0.3, -0.25) is 0 Å². The van der Waals surface area contributed by atoms with Gasteiger partial charge in [0.2, 0.25) is 0 Å². The van der Waals surface area contributed by atoms with Gasteiger partial charge < -0.3 is 0 Å². The second-order valence-electron chi connectivity index (χ2n) is 11.1. The van der Waals surface area contributed by atoms with E-state index < -0.39 is 5.97 Å². The molecule has 2 aromatic carbocycles. The minimum absolute atomic E-state index is 0.124. The van der Waals surface area contributed by atoms with Gasteiger partial charge in [0.1, 0.15) is 0 Å². The van der Waals surface area contributed by atoms with Crippen molar-refractivity contribution in [2.24, 2.45) is 17.8 Å².